The molecule has 2 aromatic rings. The molecule has 1 aromatic heterocycles. The number of nitrogens with one attached hydrogen (secondary N) is 1. The molecule has 0 fully saturated rings. The van der Waals surface area contributed by atoms with Gasteiger partial charge >= 0.3 is 10.1 Å². The Kier molecular flexibility index (Phi) is 4.42. The summed E-state index contributed by atoms with van der Waals surface area (Å²) in [5.74, 6) is 0. The Bertz CT molecular complexity index is 790. The molecule has 112 valence electrons. The van der Waals surface area contributed by atoms with Crippen molar-refractivity contribution in [2.24, 2.45) is 0 Å². The fourth-order valence-corrected chi connectivity index (χ4v) is 3.10. The molecule has 0 bridgehead atoms. The van der Waals surface area contributed by atoms with Crippen LogP contribution in [0.5, 0.6) is 0 Å². The van der Waals surface area contributed by atoms with Crippen LogP contribution in [0.2, 0.25) is 4.47 Å². The second kappa shape index (κ2) is 5.93. The minimum atomic E-state index is -4.65. The summed E-state index contributed by atoms with van der Waals surface area (Å²) in [6.07, 6.45) is 1.56. The molecule has 1 aromatic carbocycles. The van der Waals surface area contributed by atoms with E-state index in [9.17, 15) is 18.5 Å². The summed E-state index contributed by atoms with van der Waals surface area (Å²) in [7, 11) is -4.65. The van der Waals surface area contributed by atoms with Gasteiger partial charge in [0, 0.05) is 22.8 Å². The summed E-state index contributed by atoms with van der Waals surface area (Å²) in [5.41, 5.74) is -0.372. The van der Waals surface area contributed by atoms with Gasteiger partial charge in [-0.2, -0.15) is 8.42 Å². The first-order valence-corrected chi connectivity index (χ1v) is 8.01. The predicted molar refractivity (Wildman–Crippen MR) is 77.4 cm³/mol. The highest BCUT2D eigenvalue weighted by atomic mass is 35.5. The van der Waals surface area contributed by atoms with Gasteiger partial charge in [-0.3, -0.25) is 14.7 Å². The van der Waals surface area contributed by atoms with Gasteiger partial charge in [-0.25, -0.2) is 4.98 Å². The van der Waals surface area contributed by atoms with Crippen molar-refractivity contribution in [1.82, 2.24) is 4.98 Å². The van der Waals surface area contributed by atoms with Crippen LogP contribution < -0.4 is 5.32 Å². The molecule has 8 nitrogen and oxygen atoms in total. The van der Waals surface area contributed by atoms with Crippen molar-refractivity contribution in [1.29, 1.82) is 0 Å². The van der Waals surface area contributed by atoms with Gasteiger partial charge in [0.15, 0.2) is 9.36 Å². The lowest BCUT2D eigenvalue weighted by Crippen LogP contribution is -2.05. The average molecular weight is 350 g/mol. The maximum atomic E-state index is 11.1. The van der Waals surface area contributed by atoms with Crippen molar-refractivity contribution < 1.29 is 17.9 Å². The third-order valence-electron chi connectivity index (χ3n) is 2.43. The second-order valence-corrected chi connectivity index (χ2v) is 6.94. The first kappa shape index (κ1) is 15.6. The highest BCUT2D eigenvalue weighted by molar-refractivity contribution is 7.86. The average Bonchev–Trinajstić information content (AvgIpc) is 2.80. The molecule has 0 unspecified atom stereocenters. The van der Waals surface area contributed by atoms with Crippen LogP contribution in [0.15, 0.2) is 29.3 Å². The van der Waals surface area contributed by atoms with Crippen LogP contribution in [0.3, 0.4) is 0 Å². The second-order valence-electron chi connectivity index (χ2n) is 3.85. The summed E-state index contributed by atoms with van der Waals surface area (Å²) in [4.78, 5) is 13.9. The number of nitro benzene ring substituents is 1. The van der Waals surface area contributed by atoms with Crippen molar-refractivity contribution in [3.63, 3.8) is 0 Å². The molecule has 21 heavy (non-hydrogen) atoms. The van der Waals surface area contributed by atoms with Crippen molar-refractivity contribution in [3.8, 4) is 0 Å². The molecule has 0 saturated carbocycles. The van der Waals surface area contributed by atoms with Gasteiger partial charge in [0.1, 0.15) is 0 Å². The summed E-state index contributed by atoms with van der Waals surface area (Å²) in [6.45, 7) is 0.326. The number of nitro groups is 1. The van der Waals surface area contributed by atoms with E-state index in [0.717, 1.165) is 17.0 Å². The number of rotatable bonds is 5. The van der Waals surface area contributed by atoms with Gasteiger partial charge in [0.25, 0.3) is 5.69 Å². The number of anilines is 1. The zero-order chi connectivity index (χ0) is 15.6. The van der Waals surface area contributed by atoms with Crippen molar-refractivity contribution >= 4 is 44.4 Å². The van der Waals surface area contributed by atoms with Crippen LogP contribution in [0.1, 0.15) is 4.88 Å². The van der Waals surface area contributed by atoms with E-state index in [1.807, 2.05) is 0 Å². The van der Waals surface area contributed by atoms with E-state index in [4.69, 9.17) is 16.2 Å². The van der Waals surface area contributed by atoms with E-state index in [0.29, 0.717) is 16.7 Å². The Hall–Kier alpha value is -1.75. The van der Waals surface area contributed by atoms with Crippen LogP contribution in [0.4, 0.5) is 11.4 Å². The molecule has 0 radical (unpaired) electrons. The molecular weight excluding hydrogens is 342 g/mol. The Morgan fingerprint density at radius 1 is 1.48 bits per heavy atom. The fraction of sp³-hybridized carbons (Fsp3) is 0.100. The lowest BCUT2D eigenvalue weighted by Gasteiger charge is -2.06. The Morgan fingerprint density at radius 3 is 2.71 bits per heavy atom. The van der Waals surface area contributed by atoms with Gasteiger partial charge in [-0.15, -0.1) is 11.3 Å². The maximum absolute atomic E-state index is 11.1. The highest BCUT2D eigenvalue weighted by Crippen LogP contribution is 2.27. The molecule has 11 heteroatoms. The Morgan fingerprint density at radius 2 is 2.19 bits per heavy atom. The molecule has 2 rings (SSSR count). The number of benzene rings is 1. The van der Waals surface area contributed by atoms with Gasteiger partial charge in [-0.1, -0.05) is 11.6 Å². The molecule has 0 aliphatic carbocycles. The fourth-order valence-electron chi connectivity index (χ4n) is 1.54. The smallest absolute Gasteiger partial charge is 0.301 e. The van der Waals surface area contributed by atoms with Gasteiger partial charge in [-0.05, 0) is 12.1 Å². The number of hydrogen-bond acceptors (Lipinski definition) is 7. The highest BCUT2D eigenvalue weighted by Gasteiger charge is 2.24. The SMILES string of the molecule is O=[N+]([O-])c1cc(NCc2cnc(Cl)s2)ccc1S(=O)(=O)O. The minimum absolute atomic E-state index is 0.326. The third-order valence-corrected chi connectivity index (χ3v) is 4.44. The van der Waals surface area contributed by atoms with E-state index >= 15 is 0 Å². The van der Waals surface area contributed by atoms with Gasteiger partial charge < -0.3 is 5.32 Å². The summed E-state index contributed by atoms with van der Waals surface area (Å²) in [5, 5.41) is 13.8. The molecule has 2 N–H and O–H groups in total. The normalized spacial score (nSPS) is 11.3. The zero-order valence-corrected chi connectivity index (χ0v) is 12.6. The standard InChI is InChI=1S/C10H8ClN3O5S2/c11-10-13-5-7(20-10)4-12-6-1-2-9(21(17,18)19)8(3-6)14(15)16/h1-3,5,12H,4H2,(H,17,18,19). The topological polar surface area (TPSA) is 122 Å². The first-order valence-electron chi connectivity index (χ1n) is 5.37. The number of halogens is 1. The van der Waals surface area contributed by atoms with Crippen molar-refractivity contribution in [2.75, 3.05) is 5.32 Å². The van der Waals surface area contributed by atoms with Crippen LogP contribution in [0, 0.1) is 10.1 Å². The zero-order valence-electron chi connectivity index (χ0n) is 10.2. The predicted octanol–water partition coefficient (Wildman–Crippen LogP) is 2.56. The molecule has 0 aliphatic rings. The maximum Gasteiger partial charge on any atom is 0.301 e. The van der Waals surface area contributed by atoms with Crippen LogP contribution in [-0.4, -0.2) is 22.9 Å². The summed E-state index contributed by atoms with van der Waals surface area (Å²) in [6, 6.07) is 3.32. The molecule has 0 spiro atoms. The number of thiazole rings is 1. The number of hydrogen-bond donors (Lipinski definition) is 2. The Balaban J connectivity index is 2.26. The molecule has 1 heterocycles. The summed E-state index contributed by atoms with van der Waals surface area (Å²) >= 11 is 6.92. The molecular formula is C10H8ClN3O5S2. The van der Waals surface area contributed by atoms with Crippen molar-refractivity contribution in [2.45, 2.75) is 11.4 Å². The quantitative estimate of drug-likeness (QED) is 0.483. The van der Waals surface area contributed by atoms with E-state index in [1.165, 1.54) is 17.4 Å². The molecule has 0 atom stereocenters. The number of aromatic nitrogens is 1. The lowest BCUT2D eigenvalue weighted by atomic mass is 10.3. The molecule has 0 saturated heterocycles. The third kappa shape index (κ3) is 3.88. The van der Waals surface area contributed by atoms with Gasteiger partial charge in [0.05, 0.1) is 11.5 Å². The number of nitrogens with zero attached hydrogens (tertiary/aromatic N) is 2. The minimum Gasteiger partial charge on any atom is -0.380 e. The van der Waals surface area contributed by atoms with E-state index in [-0.39, 0.29) is 0 Å². The molecule has 0 aliphatic heterocycles. The van der Waals surface area contributed by atoms with Gasteiger partial charge in [0.2, 0.25) is 0 Å². The molecule has 0 amide bonds. The summed E-state index contributed by atoms with van der Waals surface area (Å²) < 4.78 is 31.4. The van der Waals surface area contributed by atoms with E-state index in [2.05, 4.69) is 10.3 Å². The first-order chi connectivity index (χ1) is 9.77. The van der Waals surface area contributed by atoms with Crippen LogP contribution >= 0.6 is 22.9 Å². The van der Waals surface area contributed by atoms with Crippen LogP contribution in [0.25, 0.3) is 0 Å². The largest absolute Gasteiger partial charge is 0.380 e. The Labute approximate surface area is 128 Å². The monoisotopic (exact) mass is 349 g/mol. The van der Waals surface area contributed by atoms with Crippen LogP contribution in [-0.2, 0) is 16.7 Å². The lowest BCUT2D eigenvalue weighted by molar-refractivity contribution is -0.387. The van der Waals surface area contributed by atoms with Crippen molar-refractivity contribution in [3.05, 3.63) is 43.9 Å². The van der Waals surface area contributed by atoms with E-state index < -0.39 is 25.6 Å². The van der Waals surface area contributed by atoms with E-state index in [1.54, 1.807) is 6.20 Å².